The molecule has 0 saturated carbocycles. The van der Waals surface area contributed by atoms with E-state index in [0.717, 1.165) is 31.6 Å². The first kappa shape index (κ1) is 18.0. The quantitative estimate of drug-likeness (QED) is 0.604. The Morgan fingerprint density at radius 1 is 1.36 bits per heavy atom. The minimum absolute atomic E-state index is 0.152. The second-order valence-electron chi connectivity index (χ2n) is 6.92. The summed E-state index contributed by atoms with van der Waals surface area (Å²) < 4.78 is 24.6. The summed E-state index contributed by atoms with van der Waals surface area (Å²) in [5.74, 6) is -0.376. The van der Waals surface area contributed by atoms with Crippen LogP contribution < -0.4 is 10.2 Å². The van der Waals surface area contributed by atoms with Crippen LogP contribution in [0.5, 0.6) is 0 Å². The van der Waals surface area contributed by atoms with E-state index in [-0.39, 0.29) is 11.8 Å². The molecule has 2 aliphatic rings. The first-order valence-electron chi connectivity index (χ1n) is 9.09. The van der Waals surface area contributed by atoms with Gasteiger partial charge in [0.25, 0.3) is 0 Å². The van der Waals surface area contributed by atoms with Crippen molar-refractivity contribution in [2.75, 3.05) is 50.2 Å². The van der Waals surface area contributed by atoms with Crippen molar-refractivity contribution < 1.29 is 18.7 Å². The van der Waals surface area contributed by atoms with Gasteiger partial charge in [0.1, 0.15) is 5.82 Å². The maximum atomic E-state index is 14.2. The van der Waals surface area contributed by atoms with Gasteiger partial charge in [0.2, 0.25) is 0 Å². The first-order chi connectivity index (χ1) is 12.1. The molecule has 0 amide bonds. The van der Waals surface area contributed by atoms with Crippen molar-refractivity contribution in [2.24, 2.45) is 5.41 Å². The summed E-state index contributed by atoms with van der Waals surface area (Å²) in [7, 11) is 1.44. The van der Waals surface area contributed by atoms with Crippen LogP contribution in [0.1, 0.15) is 32.1 Å². The molecule has 1 aromatic rings. The lowest BCUT2D eigenvalue weighted by molar-refractivity contribution is -0.159. The number of carbonyl (C=O) groups excluding carboxylic acids is 1. The standard InChI is InChI=1S/C19H27FN2O3/c1-24-18(23)19(7-12-25-13-8-19)6-2-9-21-17-5-4-15(14-16(17)20)22-10-3-11-22/h4-5,14,21H,2-3,6-13H2,1H3. The lowest BCUT2D eigenvalue weighted by Gasteiger charge is -2.34. The SMILES string of the molecule is COC(=O)C1(CCCNc2ccc(N3CCC3)cc2F)CCOCC1. The summed E-state index contributed by atoms with van der Waals surface area (Å²) in [5, 5.41) is 3.15. The van der Waals surface area contributed by atoms with Crippen LogP contribution in [0.4, 0.5) is 15.8 Å². The molecule has 138 valence electrons. The number of nitrogens with zero attached hydrogens (tertiary/aromatic N) is 1. The molecule has 2 heterocycles. The van der Waals surface area contributed by atoms with Crippen molar-refractivity contribution in [3.63, 3.8) is 0 Å². The molecule has 2 saturated heterocycles. The van der Waals surface area contributed by atoms with Crippen LogP contribution in [0.3, 0.4) is 0 Å². The molecule has 1 N–H and O–H groups in total. The molecule has 6 heteroatoms. The molecule has 0 radical (unpaired) electrons. The van der Waals surface area contributed by atoms with Gasteiger partial charge in [-0.3, -0.25) is 4.79 Å². The minimum atomic E-state index is -0.450. The van der Waals surface area contributed by atoms with Crippen molar-refractivity contribution in [1.82, 2.24) is 0 Å². The number of hydrogen-bond acceptors (Lipinski definition) is 5. The molecule has 0 aromatic heterocycles. The highest BCUT2D eigenvalue weighted by Gasteiger charge is 2.40. The van der Waals surface area contributed by atoms with Gasteiger partial charge in [-0.25, -0.2) is 4.39 Å². The van der Waals surface area contributed by atoms with Crippen LogP contribution in [-0.2, 0) is 14.3 Å². The van der Waals surface area contributed by atoms with Crippen molar-refractivity contribution in [3.8, 4) is 0 Å². The molecule has 0 unspecified atom stereocenters. The van der Waals surface area contributed by atoms with Gasteiger partial charge in [0.15, 0.2) is 0 Å². The summed E-state index contributed by atoms with van der Waals surface area (Å²) in [5.41, 5.74) is 1.01. The Morgan fingerprint density at radius 3 is 2.72 bits per heavy atom. The molecule has 1 aromatic carbocycles. The first-order valence-corrected chi connectivity index (χ1v) is 9.09. The van der Waals surface area contributed by atoms with Gasteiger partial charge < -0.3 is 19.7 Å². The summed E-state index contributed by atoms with van der Waals surface area (Å²) in [6, 6.07) is 5.35. The average molecular weight is 350 g/mol. The summed E-state index contributed by atoms with van der Waals surface area (Å²) in [4.78, 5) is 14.3. The highest BCUT2D eigenvalue weighted by Crippen LogP contribution is 2.36. The van der Waals surface area contributed by atoms with E-state index >= 15 is 0 Å². The predicted molar refractivity (Wildman–Crippen MR) is 95.5 cm³/mol. The molecule has 0 bridgehead atoms. The number of anilines is 2. The van der Waals surface area contributed by atoms with E-state index in [1.54, 1.807) is 12.1 Å². The number of carbonyl (C=O) groups is 1. The Morgan fingerprint density at radius 2 is 2.12 bits per heavy atom. The fourth-order valence-electron chi connectivity index (χ4n) is 3.60. The van der Waals surface area contributed by atoms with Crippen molar-refractivity contribution >= 4 is 17.3 Å². The molecule has 0 spiro atoms. The zero-order valence-corrected chi connectivity index (χ0v) is 14.9. The minimum Gasteiger partial charge on any atom is -0.469 e. The lowest BCUT2D eigenvalue weighted by atomic mass is 9.76. The smallest absolute Gasteiger partial charge is 0.311 e. The van der Waals surface area contributed by atoms with E-state index in [2.05, 4.69) is 10.2 Å². The second-order valence-corrected chi connectivity index (χ2v) is 6.92. The Bertz CT molecular complexity index is 598. The van der Waals surface area contributed by atoms with Crippen molar-refractivity contribution in [1.29, 1.82) is 0 Å². The van der Waals surface area contributed by atoms with Crippen molar-refractivity contribution in [3.05, 3.63) is 24.0 Å². The van der Waals surface area contributed by atoms with Gasteiger partial charge in [0, 0.05) is 38.5 Å². The number of rotatable bonds is 7. The van der Waals surface area contributed by atoms with E-state index in [4.69, 9.17) is 9.47 Å². The number of benzene rings is 1. The van der Waals surface area contributed by atoms with E-state index in [1.807, 2.05) is 6.07 Å². The summed E-state index contributed by atoms with van der Waals surface area (Å²) in [6.45, 7) is 3.82. The number of hydrogen-bond donors (Lipinski definition) is 1. The van der Waals surface area contributed by atoms with Crippen LogP contribution >= 0.6 is 0 Å². The molecule has 0 atom stereocenters. The zero-order chi connectivity index (χ0) is 17.7. The Labute approximate surface area is 148 Å². The van der Waals surface area contributed by atoms with E-state index < -0.39 is 5.41 Å². The fourth-order valence-corrected chi connectivity index (χ4v) is 3.60. The highest BCUT2D eigenvalue weighted by atomic mass is 19.1. The number of nitrogens with one attached hydrogen (secondary N) is 1. The van der Waals surface area contributed by atoms with Crippen LogP contribution in [0.2, 0.25) is 0 Å². The fraction of sp³-hybridized carbons (Fsp3) is 0.632. The molecule has 0 aliphatic carbocycles. The lowest BCUT2D eigenvalue weighted by Crippen LogP contribution is -2.38. The van der Waals surface area contributed by atoms with Gasteiger partial charge in [0.05, 0.1) is 18.2 Å². The molecule has 3 rings (SSSR count). The normalized spacial score (nSPS) is 19.2. The van der Waals surface area contributed by atoms with Crippen LogP contribution in [0, 0.1) is 11.2 Å². The molecule has 25 heavy (non-hydrogen) atoms. The third-order valence-electron chi connectivity index (χ3n) is 5.39. The van der Waals surface area contributed by atoms with E-state index in [0.29, 0.717) is 38.3 Å². The maximum Gasteiger partial charge on any atom is 0.311 e. The van der Waals surface area contributed by atoms with Gasteiger partial charge >= 0.3 is 5.97 Å². The molecule has 5 nitrogen and oxygen atoms in total. The Hall–Kier alpha value is -1.82. The molecule has 2 aliphatic heterocycles. The number of methoxy groups -OCH3 is 1. The Balaban J connectivity index is 1.51. The van der Waals surface area contributed by atoms with Crippen LogP contribution in [0.25, 0.3) is 0 Å². The van der Waals surface area contributed by atoms with E-state index in [1.165, 1.54) is 13.5 Å². The third-order valence-corrected chi connectivity index (χ3v) is 5.39. The predicted octanol–water partition coefficient (Wildman–Crippen LogP) is 3.20. The van der Waals surface area contributed by atoms with Crippen LogP contribution in [-0.4, -0.2) is 45.9 Å². The third kappa shape index (κ3) is 4.06. The van der Waals surface area contributed by atoms with Gasteiger partial charge in [-0.2, -0.15) is 0 Å². The van der Waals surface area contributed by atoms with Crippen LogP contribution in [0.15, 0.2) is 18.2 Å². The summed E-state index contributed by atoms with van der Waals surface area (Å²) in [6.07, 6.45) is 4.07. The van der Waals surface area contributed by atoms with Gasteiger partial charge in [-0.05, 0) is 50.3 Å². The molecule has 2 fully saturated rings. The highest BCUT2D eigenvalue weighted by molar-refractivity contribution is 5.76. The zero-order valence-electron chi connectivity index (χ0n) is 14.9. The molecular weight excluding hydrogens is 323 g/mol. The summed E-state index contributed by atoms with van der Waals surface area (Å²) >= 11 is 0. The number of esters is 1. The number of halogens is 1. The van der Waals surface area contributed by atoms with E-state index in [9.17, 15) is 9.18 Å². The maximum absolute atomic E-state index is 14.2. The average Bonchev–Trinajstić information content (AvgIpc) is 2.59. The van der Waals surface area contributed by atoms with Gasteiger partial charge in [-0.15, -0.1) is 0 Å². The monoisotopic (exact) mass is 350 g/mol. The molecular formula is C19H27FN2O3. The van der Waals surface area contributed by atoms with Crippen molar-refractivity contribution in [2.45, 2.75) is 32.1 Å². The topological polar surface area (TPSA) is 50.8 Å². The second kappa shape index (κ2) is 8.04. The number of ether oxygens (including phenoxy) is 2. The van der Waals surface area contributed by atoms with Gasteiger partial charge in [-0.1, -0.05) is 0 Å². The largest absolute Gasteiger partial charge is 0.469 e. The Kier molecular flexibility index (Phi) is 5.78.